The second-order valence-corrected chi connectivity index (χ2v) is 21.5. The molecule has 7 atom stereocenters. The molecule has 0 amide bonds. The van der Waals surface area contributed by atoms with E-state index in [2.05, 4.69) is 3.77 Å². The largest absolute Gasteiger partial charge is 0.456 e. The van der Waals surface area contributed by atoms with Crippen LogP contribution in [0.2, 0.25) is 0 Å². The summed E-state index contributed by atoms with van der Waals surface area (Å²) < 4.78 is 129. The van der Waals surface area contributed by atoms with E-state index >= 15 is 8.78 Å². The average Bonchev–Trinajstić information content (AvgIpc) is 3.36. The molecule has 1 saturated heterocycles. The summed E-state index contributed by atoms with van der Waals surface area (Å²) >= 11 is 0. The number of alkyl halides is 5. The molecule has 2 aromatic rings. The molecule has 54 heavy (non-hydrogen) atoms. The third kappa shape index (κ3) is 6.18. The number of benzene rings is 2. The lowest BCUT2D eigenvalue weighted by Gasteiger charge is -2.59. The van der Waals surface area contributed by atoms with Crippen LogP contribution in [0.25, 0.3) is 0 Å². The Balaban J connectivity index is 1.32. The van der Waals surface area contributed by atoms with Crippen LogP contribution in [0.15, 0.2) is 73.2 Å². The third-order valence-corrected chi connectivity index (χ3v) is 17.1. The van der Waals surface area contributed by atoms with Gasteiger partial charge in [0, 0.05) is 40.7 Å². The molecule has 1 aliphatic heterocycles. The Morgan fingerprint density at radius 1 is 0.833 bits per heavy atom. The number of nitrogens with zero attached hydrogens (tertiary/aromatic N) is 1. The molecule has 4 fully saturated rings. The number of rotatable bonds is 5. The van der Waals surface area contributed by atoms with E-state index in [0.717, 1.165) is 11.1 Å². The Labute approximate surface area is 313 Å². The fraction of sp³-hybridized carbons (Fsp3) is 0.641. The van der Waals surface area contributed by atoms with Gasteiger partial charge in [0.25, 0.3) is 10.0 Å². The van der Waals surface area contributed by atoms with Crippen molar-refractivity contribution in [3.63, 3.8) is 0 Å². The summed E-state index contributed by atoms with van der Waals surface area (Å²) in [7, 11) is -7.86. The summed E-state index contributed by atoms with van der Waals surface area (Å²) in [4.78, 5) is -0.0541. The quantitative estimate of drug-likeness (QED) is 0.232. The summed E-state index contributed by atoms with van der Waals surface area (Å²) in [6.45, 7) is 8.02. The highest BCUT2D eigenvalue weighted by Gasteiger charge is 2.79. The molecule has 298 valence electrons. The van der Waals surface area contributed by atoms with Crippen molar-refractivity contribution in [2.75, 3.05) is 19.5 Å². The molecule has 1 heterocycles. The van der Waals surface area contributed by atoms with Gasteiger partial charge in [0.15, 0.2) is 5.79 Å². The minimum atomic E-state index is -5.99. The second-order valence-electron chi connectivity index (χ2n) is 17.4. The van der Waals surface area contributed by atoms with E-state index in [9.17, 15) is 36.0 Å². The van der Waals surface area contributed by atoms with E-state index < -0.39 is 78.4 Å². The summed E-state index contributed by atoms with van der Waals surface area (Å²) in [6, 6.07) is 11.9. The Kier molecular flexibility index (Phi) is 9.24. The van der Waals surface area contributed by atoms with Crippen LogP contribution >= 0.6 is 0 Å². The number of allylic oxidation sites excluding steroid dienone is 1. The van der Waals surface area contributed by atoms with Crippen molar-refractivity contribution >= 4 is 19.8 Å². The molecule has 15 heteroatoms. The lowest BCUT2D eigenvalue weighted by molar-refractivity contribution is -0.362. The summed E-state index contributed by atoms with van der Waals surface area (Å²) in [6.07, 6.45) is -4.46. The lowest BCUT2D eigenvalue weighted by atomic mass is 9.49. The van der Waals surface area contributed by atoms with Gasteiger partial charge in [0.2, 0.25) is 0 Å². The molecular weight excluding hydrogens is 754 g/mol. The van der Waals surface area contributed by atoms with Crippen molar-refractivity contribution in [2.45, 2.75) is 124 Å². The summed E-state index contributed by atoms with van der Waals surface area (Å²) in [5, 5.41) is 24.1. The van der Waals surface area contributed by atoms with Gasteiger partial charge in [-0.05, 0) is 92.7 Å². The number of aryl methyl sites for hydroxylation is 1. The number of hydrogen-bond donors (Lipinski definition) is 2. The van der Waals surface area contributed by atoms with E-state index in [1.807, 2.05) is 13.8 Å². The minimum Gasteiger partial charge on any atom is -0.385 e. The maximum absolute atomic E-state index is 15.5. The topological polar surface area (TPSA) is 122 Å². The maximum Gasteiger partial charge on any atom is 0.456 e. The molecule has 1 spiro atoms. The predicted molar refractivity (Wildman–Crippen MR) is 191 cm³/mol. The van der Waals surface area contributed by atoms with Crippen LogP contribution in [0.4, 0.5) is 22.0 Å². The molecule has 0 bridgehead atoms. The zero-order valence-electron chi connectivity index (χ0n) is 31.0. The number of hydrogen-bond acceptors (Lipinski definition) is 7. The number of aliphatic hydroxyl groups is 2. The van der Waals surface area contributed by atoms with Crippen LogP contribution in [-0.4, -0.2) is 71.4 Å². The van der Waals surface area contributed by atoms with Crippen LogP contribution in [0, 0.1) is 29.6 Å². The van der Waals surface area contributed by atoms with Crippen LogP contribution in [0.1, 0.15) is 89.2 Å². The Hall–Kier alpha value is -2.43. The molecule has 3 saturated carbocycles. The monoisotopic (exact) mass is 801 g/mol. The van der Waals surface area contributed by atoms with Crippen molar-refractivity contribution in [2.24, 2.45) is 26.4 Å². The van der Waals surface area contributed by atoms with Gasteiger partial charge in [-0.25, -0.2) is 4.21 Å². The Morgan fingerprint density at radius 3 is 2.02 bits per heavy atom. The van der Waals surface area contributed by atoms with Crippen molar-refractivity contribution in [1.82, 2.24) is 0 Å². The van der Waals surface area contributed by atoms with Gasteiger partial charge in [-0.3, -0.25) is 0 Å². The second kappa shape index (κ2) is 12.5. The average molecular weight is 802 g/mol. The van der Waals surface area contributed by atoms with Crippen LogP contribution in [-0.2, 0) is 29.2 Å². The molecule has 3 unspecified atom stereocenters. The van der Waals surface area contributed by atoms with Crippen LogP contribution in [0.3, 0.4) is 0 Å². The summed E-state index contributed by atoms with van der Waals surface area (Å²) in [5.41, 5.74) is -4.09. The highest BCUT2D eigenvalue weighted by Crippen LogP contribution is 2.71. The third-order valence-electron chi connectivity index (χ3n) is 13.2. The minimum absolute atomic E-state index is 0.0513. The first-order valence-electron chi connectivity index (χ1n) is 18.3. The van der Waals surface area contributed by atoms with Gasteiger partial charge < -0.3 is 19.7 Å². The van der Waals surface area contributed by atoms with E-state index in [4.69, 9.17) is 9.47 Å². The number of halogens is 5. The lowest BCUT2D eigenvalue weighted by Crippen LogP contribution is -2.65. The smallest absolute Gasteiger partial charge is 0.385 e. The summed E-state index contributed by atoms with van der Waals surface area (Å²) in [5.74, 6) is -8.45. The Morgan fingerprint density at radius 2 is 1.43 bits per heavy atom. The van der Waals surface area contributed by atoms with E-state index in [1.54, 1.807) is 31.2 Å². The van der Waals surface area contributed by atoms with Gasteiger partial charge in [-0.2, -0.15) is 30.4 Å². The highest BCUT2D eigenvalue weighted by molar-refractivity contribution is 8.03. The van der Waals surface area contributed by atoms with E-state index in [1.165, 1.54) is 37.4 Å². The van der Waals surface area contributed by atoms with Crippen molar-refractivity contribution in [1.29, 1.82) is 0 Å². The predicted octanol–water partition coefficient (Wildman–Crippen LogP) is 8.06. The van der Waals surface area contributed by atoms with Gasteiger partial charge >= 0.3 is 12.1 Å². The van der Waals surface area contributed by atoms with Gasteiger partial charge in [0.05, 0.1) is 33.4 Å². The van der Waals surface area contributed by atoms with Crippen molar-refractivity contribution in [3.05, 3.63) is 70.8 Å². The molecule has 5 aliphatic rings. The standard InChI is InChI=1S/C39H48F5NO7S2/c1-24-6-10-27(11-7-24)54(49,50)45-53(5,48)26-12-8-25(9-13-26)29-20-34(4)30(16-19-37(34,47)38(40,41)39(42,43)44)28-14-17-35(46)21-36(18-15-31(35)32(28)29)51-22-33(2,3)23-52-36/h6-13,28-30,46-47H,14-23H2,1-5H3/t28?,29-,30?,34+,35-,37+,53?/m1/s1. The van der Waals surface area contributed by atoms with Gasteiger partial charge in [-0.15, -0.1) is 3.77 Å². The first-order chi connectivity index (χ1) is 24.8. The molecular formula is C39H48F5NO7S2. The number of ether oxygens (including phenoxy) is 2. The molecule has 2 N–H and O–H groups in total. The molecule has 7 rings (SSSR count). The maximum atomic E-state index is 15.5. The Bertz CT molecular complexity index is 2080. The molecule has 4 aliphatic carbocycles. The fourth-order valence-electron chi connectivity index (χ4n) is 10.2. The van der Waals surface area contributed by atoms with E-state index in [-0.39, 0.29) is 47.3 Å². The zero-order valence-corrected chi connectivity index (χ0v) is 32.6. The molecule has 0 radical (unpaired) electrons. The molecule has 0 aromatic heterocycles. The first-order valence-corrected chi connectivity index (χ1v) is 21.7. The first kappa shape index (κ1) is 39.8. The van der Waals surface area contributed by atoms with Crippen LogP contribution < -0.4 is 0 Å². The zero-order chi connectivity index (χ0) is 39.5. The fourth-order valence-corrected chi connectivity index (χ4v) is 13.6. The number of sulfonamides is 1. The normalized spacial score (nSPS) is 34.8. The molecule has 2 aromatic carbocycles. The van der Waals surface area contributed by atoms with Crippen molar-refractivity contribution < 1.29 is 54.3 Å². The highest BCUT2D eigenvalue weighted by atomic mass is 32.3. The van der Waals surface area contributed by atoms with Gasteiger partial charge in [-0.1, -0.05) is 56.2 Å². The number of fused-ring (bicyclic) bond motifs is 4. The van der Waals surface area contributed by atoms with Gasteiger partial charge in [0.1, 0.15) is 5.60 Å². The van der Waals surface area contributed by atoms with Crippen LogP contribution in [0.5, 0.6) is 0 Å². The van der Waals surface area contributed by atoms with E-state index in [0.29, 0.717) is 37.2 Å². The van der Waals surface area contributed by atoms with Crippen molar-refractivity contribution in [3.8, 4) is 0 Å². The SMILES string of the molecule is Cc1ccc(S(=O)(=O)N=S(C)(=O)c2ccc([C@H]3C[C@@]4(C)C(CC[C@@]4(O)C(F)(F)C(F)(F)F)C4CC[C@@]5(O)CC6(CCC5=C43)OCC(C)(C)CO6)cc2)cc1. The molecule has 8 nitrogen and oxygen atoms in total.